The molecule has 2 atom stereocenters. The van der Waals surface area contributed by atoms with Gasteiger partial charge in [0.1, 0.15) is 11.3 Å². The van der Waals surface area contributed by atoms with Crippen molar-refractivity contribution in [2.45, 2.75) is 31.6 Å². The van der Waals surface area contributed by atoms with Crippen molar-refractivity contribution in [3.8, 4) is 0 Å². The largest absolute Gasteiger partial charge is 0.481 e. The summed E-state index contributed by atoms with van der Waals surface area (Å²) in [5, 5.41) is 9.42. The summed E-state index contributed by atoms with van der Waals surface area (Å²) in [4.78, 5) is 24.1. The van der Waals surface area contributed by atoms with E-state index < -0.39 is 17.3 Å². The first-order valence-corrected chi connectivity index (χ1v) is 6.98. The van der Waals surface area contributed by atoms with Gasteiger partial charge in [0.25, 0.3) is 0 Å². The number of hydrogen-bond acceptors (Lipinski definition) is 3. The molecule has 0 amide bonds. The van der Waals surface area contributed by atoms with Gasteiger partial charge in [-0.05, 0) is 28.5 Å². The van der Waals surface area contributed by atoms with Crippen LogP contribution in [0, 0.1) is 5.41 Å². The molecular weight excluding hydrogens is 268 g/mol. The van der Waals surface area contributed by atoms with E-state index in [4.69, 9.17) is 4.74 Å². The van der Waals surface area contributed by atoms with E-state index in [-0.39, 0.29) is 11.4 Å². The van der Waals surface area contributed by atoms with E-state index >= 15 is 0 Å². The second kappa shape index (κ2) is 4.20. The highest BCUT2D eigenvalue weighted by Crippen LogP contribution is 2.57. The maximum atomic E-state index is 12.6. The number of aliphatic carboxylic acids is 1. The minimum Gasteiger partial charge on any atom is -0.481 e. The third kappa shape index (κ3) is 1.56. The fourth-order valence-electron chi connectivity index (χ4n) is 3.94. The predicted octanol–water partition coefficient (Wildman–Crippen LogP) is 2.42. The maximum absolute atomic E-state index is 12.6. The van der Waals surface area contributed by atoms with Gasteiger partial charge >= 0.3 is 11.9 Å². The second-order valence-corrected chi connectivity index (χ2v) is 6.42. The molecule has 0 fully saturated rings. The summed E-state index contributed by atoms with van der Waals surface area (Å²) in [7, 11) is 1.38. The molecule has 0 spiro atoms. The lowest BCUT2D eigenvalue weighted by molar-refractivity contribution is -0.149. The number of carbonyl (C=O) groups excluding carboxylic acids is 1. The fraction of sp³-hybridized carbons (Fsp3) is 0.412. The topological polar surface area (TPSA) is 63.6 Å². The van der Waals surface area contributed by atoms with Crippen LogP contribution in [0.1, 0.15) is 36.5 Å². The van der Waals surface area contributed by atoms with Gasteiger partial charge in [-0.25, -0.2) is 0 Å². The van der Waals surface area contributed by atoms with Crippen LogP contribution in [0.25, 0.3) is 0 Å². The lowest BCUT2D eigenvalue weighted by atomic mass is 9.61. The van der Waals surface area contributed by atoms with Crippen molar-refractivity contribution in [1.82, 2.24) is 0 Å². The number of esters is 1. The first-order chi connectivity index (χ1) is 9.85. The quantitative estimate of drug-likeness (QED) is 0.670. The number of methoxy groups -OCH3 is 1. The molecule has 4 heteroatoms. The lowest BCUT2D eigenvalue weighted by Gasteiger charge is -2.40. The Hall–Kier alpha value is -2.10. The summed E-state index contributed by atoms with van der Waals surface area (Å²) in [5.74, 6) is -1.92. The molecule has 1 aromatic carbocycles. The predicted molar refractivity (Wildman–Crippen MR) is 77.1 cm³/mol. The van der Waals surface area contributed by atoms with Crippen molar-refractivity contribution in [3.63, 3.8) is 0 Å². The molecule has 3 rings (SSSR count). The Bertz CT molecular complexity index is 671. The Labute approximate surface area is 123 Å². The molecule has 0 heterocycles. The van der Waals surface area contributed by atoms with Crippen LogP contribution in [-0.4, -0.2) is 24.2 Å². The minimum absolute atomic E-state index is 0.321. The van der Waals surface area contributed by atoms with Crippen LogP contribution in [0.4, 0.5) is 0 Å². The first-order valence-electron chi connectivity index (χ1n) is 6.98. The van der Waals surface area contributed by atoms with Crippen LogP contribution in [0.2, 0.25) is 0 Å². The van der Waals surface area contributed by atoms with E-state index in [9.17, 15) is 14.7 Å². The Kier molecular flexibility index (Phi) is 2.77. The van der Waals surface area contributed by atoms with Gasteiger partial charge in [-0.1, -0.05) is 44.2 Å². The van der Waals surface area contributed by atoms with Gasteiger partial charge in [0.15, 0.2) is 0 Å². The summed E-state index contributed by atoms with van der Waals surface area (Å²) < 4.78 is 5.07. The number of hydrogen-bond donors (Lipinski definition) is 1. The normalized spacial score (nSPS) is 28.0. The standard InChI is InChI=1S/C17H18O4/c1-16(2)9-10-5-4-6-11-12(14(18)19)7-8-17(16,13(10)11)15(20)21-3/h4-8,12H,9H2,1-3H3,(H,18,19)/t12-,17+/m1/s1. The molecule has 1 N–H and O–H groups in total. The van der Waals surface area contributed by atoms with E-state index in [0.717, 1.165) is 17.5 Å². The average molecular weight is 286 g/mol. The van der Waals surface area contributed by atoms with Crippen molar-refractivity contribution in [1.29, 1.82) is 0 Å². The molecule has 0 saturated heterocycles. The summed E-state index contributed by atoms with van der Waals surface area (Å²) >= 11 is 0. The monoisotopic (exact) mass is 286 g/mol. The van der Waals surface area contributed by atoms with E-state index in [1.807, 2.05) is 26.0 Å². The Morgan fingerprint density at radius 1 is 1.33 bits per heavy atom. The van der Waals surface area contributed by atoms with Crippen LogP contribution in [-0.2, 0) is 26.2 Å². The smallest absolute Gasteiger partial charge is 0.320 e. The SMILES string of the molecule is COC(=O)[C@]12C=C[C@@H](C(=O)O)c3cccc(c31)CC2(C)C. The number of rotatable bonds is 2. The molecule has 0 bridgehead atoms. The van der Waals surface area contributed by atoms with Gasteiger partial charge in [-0.3, -0.25) is 9.59 Å². The number of carboxylic acids is 1. The van der Waals surface area contributed by atoms with Crippen molar-refractivity contribution in [3.05, 3.63) is 47.0 Å². The van der Waals surface area contributed by atoms with Crippen molar-refractivity contribution in [2.75, 3.05) is 7.11 Å². The zero-order valence-corrected chi connectivity index (χ0v) is 12.3. The molecule has 110 valence electrons. The number of benzene rings is 1. The highest BCUT2D eigenvalue weighted by Gasteiger charge is 2.59. The average Bonchev–Trinajstić information content (AvgIpc) is 2.68. The van der Waals surface area contributed by atoms with Gasteiger partial charge in [-0.2, -0.15) is 0 Å². The number of carbonyl (C=O) groups is 2. The molecule has 0 saturated carbocycles. The Balaban J connectivity index is 2.35. The zero-order chi connectivity index (χ0) is 15.4. The zero-order valence-electron chi connectivity index (χ0n) is 12.3. The summed E-state index contributed by atoms with van der Waals surface area (Å²) in [6, 6.07) is 5.65. The van der Waals surface area contributed by atoms with Gasteiger partial charge in [0.05, 0.1) is 7.11 Å². The van der Waals surface area contributed by atoms with Crippen molar-refractivity contribution < 1.29 is 19.4 Å². The molecule has 0 radical (unpaired) electrons. The maximum Gasteiger partial charge on any atom is 0.320 e. The Morgan fingerprint density at radius 3 is 2.67 bits per heavy atom. The van der Waals surface area contributed by atoms with E-state index in [2.05, 4.69) is 0 Å². The molecule has 0 aromatic heterocycles. The van der Waals surface area contributed by atoms with E-state index in [1.54, 1.807) is 18.2 Å². The van der Waals surface area contributed by atoms with Gasteiger partial charge in [0, 0.05) is 0 Å². The molecule has 0 aliphatic heterocycles. The molecule has 2 aliphatic carbocycles. The van der Waals surface area contributed by atoms with Gasteiger partial charge in [-0.15, -0.1) is 0 Å². The molecule has 4 nitrogen and oxygen atoms in total. The van der Waals surface area contributed by atoms with Crippen LogP contribution >= 0.6 is 0 Å². The van der Waals surface area contributed by atoms with E-state index in [0.29, 0.717) is 5.56 Å². The summed E-state index contributed by atoms with van der Waals surface area (Å²) in [6.07, 6.45) is 4.09. The lowest BCUT2D eigenvalue weighted by Crippen LogP contribution is -2.47. The number of ether oxygens (including phenoxy) is 1. The molecular formula is C17H18O4. The fourth-order valence-corrected chi connectivity index (χ4v) is 3.94. The molecule has 21 heavy (non-hydrogen) atoms. The Morgan fingerprint density at radius 2 is 2.05 bits per heavy atom. The van der Waals surface area contributed by atoms with Crippen LogP contribution in [0.15, 0.2) is 30.4 Å². The highest BCUT2D eigenvalue weighted by atomic mass is 16.5. The highest BCUT2D eigenvalue weighted by molar-refractivity contribution is 5.93. The first kappa shape index (κ1) is 13.9. The van der Waals surface area contributed by atoms with Gasteiger partial charge < -0.3 is 9.84 Å². The van der Waals surface area contributed by atoms with E-state index in [1.165, 1.54) is 7.11 Å². The van der Waals surface area contributed by atoms with Gasteiger partial charge in [0.2, 0.25) is 0 Å². The van der Waals surface area contributed by atoms with Crippen LogP contribution in [0.3, 0.4) is 0 Å². The summed E-state index contributed by atoms with van der Waals surface area (Å²) in [5.41, 5.74) is 1.34. The molecule has 1 aromatic rings. The third-order valence-electron chi connectivity index (χ3n) is 4.92. The molecule has 0 unspecified atom stereocenters. The van der Waals surface area contributed by atoms with Crippen molar-refractivity contribution in [2.24, 2.45) is 5.41 Å². The second-order valence-electron chi connectivity index (χ2n) is 6.42. The van der Waals surface area contributed by atoms with Crippen LogP contribution in [0.5, 0.6) is 0 Å². The summed E-state index contributed by atoms with van der Waals surface area (Å²) in [6.45, 7) is 4.05. The molecule has 2 aliphatic rings. The minimum atomic E-state index is -0.900. The van der Waals surface area contributed by atoms with Crippen LogP contribution < -0.4 is 0 Å². The van der Waals surface area contributed by atoms with Crippen molar-refractivity contribution >= 4 is 11.9 Å². The number of carboxylic acid groups (broad SMARTS) is 1. The third-order valence-corrected chi connectivity index (χ3v) is 4.92.